The summed E-state index contributed by atoms with van der Waals surface area (Å²) in [6, 6.07) is 6.56. The van der Waals surface area contributed by atoms with Gasteiger partial charge in [0.15, 0.2) is 0 Å². The molecular weight excluding hydrogens is 486 g/mol. The number of aromatic nitrogens is 1. The number of allylic oxidation sites excluding steroid dienone is 1. The third kappa shape index (κ3) is 7.71. The second-order valence-corrected chi connectivity index (χ2v) is 12.9. The number of hydrogen-bond acceptors (Lipinski definition) is 7. The number of ketones is 1. The van der Waals surface area contributed by atoms with Crippen LogP contribution in [-0.2, 0) is 20.7 Å². The molecule has 1 aromatic carbocycles. The molecule has 6 nitrogen and oxygen atoms in total. The van der Waals surface area contributed by atoms with Gasteiger partial charge < -0.3 is 19.7 Å². The predicted molar refractivity (Wildman–Crippen MR) is 146 cm³/mol. The fraction of sp³-hybridized carbons (Fsp3) is 0.633. The van der Waals surface area contributed by atoms with Crippen LogP contribution in [0.4, 0.5) is 0 Å². The minimum Gasteiger partial charge on any atom is -0.550 e. The fourth-order valence-corrected chi connectivity index (χ4v) is 6.24. The minimum absolute atomic E-state index is 0.0751. The number of fused-ring (bicyclic) bond motifs is 1. The van der Waals surface area contributed by atoms with Gasteiger partial charge >= 0.3 is 0 Å². The van der Waals surface area contributed by atoms with E-state index in [1.54, 1.807) is 31.3 Å². The molecule has 0 saturated carbocycles. The van der Waals surface area contributed by atoms with Crippen molar-refractivity contribution >= 4 is 33.3 Å². The molecule has 1 aliphatic heterocycles. The first kappa shape index (κ1) is 29.5. The van der Waals surface area contributed by atoms with Crippen molar-refractivity contribution in [2.24, 2.45) is 17.3 Å². The number of ether oxygens (including phenoxy) is 1. The maximum Gasteiger partial charge on any atom is 0.144 e. The number of epoxide rings is 1. The van der Waals surface area contributed by atoms with Crippen LogP contribution in [0.3, 0.4) is 0 Å². The van der Waals surface area contributed by atoms with Crippen molar-refractivity contribution in [1.82, 2.24) is 4.98 Å². The zero-order valence-corrected chi connectivity index (χ0v) is 23.7. The van der Waals surface area contributed by atoms with Gasteiger partial charge in [-0.25, -0.2) is 4.98 Å². The van der Waals surface area contributed by atoms with Crippen molar-refractivity contribution in [1.29, 1.82) is 0 Å². The van der Waals surface area contributed by atoms with Gasteiger partial charge in [0.2, 0.25) is 0 Å². The van der Waals surface area contributed by atoms with Crippen LogP contribution in [0.25, 0.3) is 10.2 Å². The second-order valence-electron chi connectivity index (χ2n) is 11.6. The number of aliphatic hydroxyl groups is 1. The number of rotatable bonds is 16. The zero-order chi connectivity index (χ0) is 27.4. The van der Waals surface area contributed by atoms with E-state index < -0.39 is 23.9 Å². The van der Waals surface area contributed by atoms with E-state index in [2.05, 4.69) is 43.6 Å². The quantitative estimate of drug-likeness (QED) is 0.238. The third-order valence-electron chi connectivity index (χ3n) is 8.00. The number of carbonyl (C=O) groups excluding carboxylic acids is 2. The number of Topliss-reactive ketones (excluding diaryl/α,β-unsaturated/α-hetero) is 1. The van der Waals surface area contributed by atoms with Gasteiger partial charge in [-0.1, -0.05) is 45.8 Å². The van der Waals surface area contributed by atoms with Gasteiger partial charge in [-0.2, -0.15) is 0 Å². The van der Waals surface area contributed by atoms with Gasteiger partial charge in [0.1, 0.15) is 5.78 Å². The molecule has 37 heavy (non-hydrogen) atoms. The molecule has 1 aromatic heterocycles. The van der Waals surface area contributed by atoms with E-state index in [0.717, 1.165) is 42.6 Å². The lowest BCUT2D eigenvalue weighted by atomic mass is 9.72. The maximum absolute atomic E-state index is 13.2. The summed E-state index contributed by atoms with van der Waals surface area (Å²) in [5.41, 5.74) is 1.15. The number of nitrogens with zero attached hydrogens (tertiary/aromatic N) is 1. The number of carbonyl (C=O) groups is 2. The Kier molecular flexibility index (Phi) is 9.70. The summed E-state index contributed by atoms with van der Waals surface area (Å²) in [6.07, 6.45) is 6.35. The smallest absolute Gasteiger partial charge is 0.144 e. The Balaban J connectivity index is 1.44. The summed E-state index contributed by atoms with van der Waals surface area (Å²) in [6.45, 7) is 13.4. The van der Waals surface area contributed by atoms with E-state index in [1.165, 1.54) is 10.3 Å². The Hall–Kier alpha value is -2.09. The molecule has 1 aliphatic rings. The molecule has 3 rings (SSSR count). The number of aryl methyl sites for hydroxylation is 2. The Labute approximate surface area is 225 Å². The fourth-order valence-electron chi connectivity index (χ4n) is 5.44. The summed E-state index contributed by atoms with van der Waals surface area (Å²) in [7, 11) is 0. The average Bonchev–Trinajstić information content (AvgIpc) is 3.30. The third-order valence-corrected chi connectivity index (χ3v) is 8.95. The first-order chi connectivity index (χ1) is 17.4. The van der Waals surface area contributed by atoms with Gasteiger partial charge in [-0.3, -0.25) is 4.79 Å². The largest absolute Gasteiger partial charge is 0.550 e. The Morgan fingerprint density at radius 1 is 1.38 bits per heavy atom. The summed E-state index contributed by atoms with van der Waals surface area (Å²) >= 11 is 1.73. The van der Waals surface area contributed by atoms with Crippen molar-refractivity contribution in [3.8, 4) is 0 Å². The van der Waals surface area contributed by atoms with Gasteiger partial charge in [-0.05, 0) is 69.6 Å². The van der Waals surface area contributed by atoms with Crippen molar-refractivity contribution in [2.75, 3.05) is 0 Å². The zero-order valence-electron chi connectivity index (χ0n) is 22.9. The van der Waals surface area contributed by atoms with Crippen LogP contribution in [-0.4, -0.2) is 39.7 Å². The van der Waals surface area contributed by atoms with E-state index in [1.807, 2.05) is 6.92 Å². The van der Waals surface area contributed by atoms with Crippen LogP contribution in [0.5, 0.6) is 0 Å². The van der Waals surface area contributed by atoms with Crippen molar-refractivity contribution in [2.45, 2.75) is 104 Å². The van der Waals surface area contributed by atoms with E-state index in [9.17, 15) is 19.8 Å². The molecule has 2 heterocycles. The topological polar surface area (TPSA) is 103 Å². The molecule has 5 atom stereocenters. The van der Waals surface area contributed by atoms with Crippen LogP contribution in [0.15, 0.2) is 30.9 Å². The summed E-state index contributed by atoms with van der Waals surface area (Å²) in [5.74, 6) is -1.45. The second kappa shape index (κ2) is 12.2. The highest BCUT2D eigenvalue weighted by molar-refractivity contribution is 7.18. The Morgan fingerprint density at radius 2 is 2.11 bits per heavy atom. The molecule has 0 aliphatic carbocycles. The lowest BCUT2D eigenvalue weighted by Crippen LogP contribution is -2.44. The van der Waals surface area contributed by atoms with Crippen LogP contribution in [0, 0.1) is 24.2 Å². The molecular formula is C30H42NO5S-. The van der Waals surface area contributed by atoms with Gasteiger partial charge in [-0.15, -0.1) is 17.9 Å². The predicted octanol–water partition coefficient (Wildman–Crippen LogP) is 5.18. The van der Waals surface area contributed by atoms with Gasteiger partial charge in [0, 0.05) is 23.7 Å². The highest BCUT2D eigenvalue weighted by Crippen LogP contribution is 2.44. The lowest BCUT2D eigenvalue weighted by Gasteiger charge is -2.33. The SMILES string of the molecule is C=CCC(C[C@@H](C)CCCC1(C)O[C@@H]1CCc1ccc2sc(C)nc2c1)C(=O)C(C)(C)[C@@H](O)CC(=O)[O-]. The van der Waals surface area contributed by atoms with Crippen molar-refractivity contribution in [3.05, 3.63) is 41.4 Å². The molecule has 2 aromatic rings. The number of hydrogen-bond donors (Lipinski definition) is 1. The maximum atomic E-state index is 13.2. The highest BCUT2D eigenvalue weighted by atomic mass is 32.1. The number of thiazole rings is 1. The molecule has 0 bridgehead atoms. The van der Waals surface area contributed by atoms with Crippen LogP contribution in [0.2, 0.25) is 0 Å². The number of aliphatic hydroxyl groups excluding tert-OH is 1. The van der Waals surface area contributed by atoms with E-state index in [4.69, 9.17) is 4.74 Å². The van der Waals surface area contributed by atoms with Crippen molar-refractivity contribution in [3.63, 3.8) is 0 Å². The van der Waals surface area contributed by atoms with Crippen molar-refractivity contribution < 1.29 is 24.5 Å². The molecule has 7 heteroatoms. The molecule has 2 unspecified atom stereocenters. The normalized spacial score (nSPS) is 21.9. The number of carboxylic acid groups (broad SMARTS) is 1. The summed E-state index contributed by atoms with van der Waals surface area (Å²) in [5, 5.41) is 22.3. The minimum atomic E-state index is -1.35. The number of benzene rings is 1. The summed E-state index contributed by atoms with van der Waals surface area (Å²) in [4.78, 5) is 28.7. The molecule has 1 fully saturated rings. The molecule has 204 valence electrons. The number of aliphatic carboxylic acids is 1. The molecule has 1 saturated heterocycles. The summed E-state index contributed by atoms with van der Waals surface area (Å²) < 4.78 is 7.33. The molecule has 0 amide bonds. The molecule has 1 N–H and O–H groups in total. The van der Waals surface area contributed by atoms with Crippen LogP contribution < -0.4 is 5.11 Å². The lowest BCUT2D eigenvalue weighted by molar-refractivity contribution is -0.308. The highest BCUT2D eigenvalue weighted by Gasteiger charge is 2.50. The first-order valence-corrected chi connectivity index (χ1v) is 14.2. The Bertz CT molecular complexity index is 1110. The monoisotopic (exact) mass is 528 g/mol. The van der Waals surface area contributed by atoms with Gasteiger partial charge in [0.05, 0.1) is 33.0 Å². The van der Waals surface area contributed by atoms with Gasteiger partial charge in [0.25, 0.3) is 0 Å². The van der Waals surface area contributed by atoms with E-state index in [0.29, 0.717) is 18.8 Å². The molecule has 0 radical (unpaired) electrons. The van der Waals surface area contributed by atoms with Crippen LogP contribution >= 0.6 is 11.3 Å². The Morgan fingerprint density at radius 3 is 2.78 bits per heavy atom. The standard InChI is InChI=1S/C30H43NO5S/c1-7-9-22(28(35)29(4,5)25(32)18-27(33)34)16-19(2)10-8-15-30(6)26(36-30)14-12-21-11-13-24-23(17-21)31-20(3)37-24/h7,11,13,17,19,22,25-26,32H,1,8-10,12,14-16,18H2,2-6H3,(H,33,34)/p-1/t19-,22?,25-,26+,30?/m0/s1. The van der Waals surface area contributed by atoms with Crippen LogP contribution in [0.1, 0.15) is 83.2 Å². The first-order valence-electron chi connectivity index (χ1n) is 13.4. The number of carboxylic acids is 1. The molecule has 0 spiro atoms. The van der Waals surface area contributed by atoms with E-state index in [-0.39, 0.29) is 23.4 Å². The van der Waals surface area contributed by atoms with E-state index >= 15 is 0 Å². The average molecular weight is 529 g/mol.